The van der Waals surface area contributed by atoms with Gasteiger partial charge in [0.05, 0.1) is 17.6 Å². The fraction of sp³-hybridized carbons (Fsp3) is 0.238. The molecule has 0 aliphatic rings. The zero-order valence-electron chi connectivity index (χ0n) is 15.8. The van der Waals surface area contributed by atoms with Gasteiger partial charge >= 0.3 is 0 Å². The van der Waals surface area contributed by atoms with E-state index in [0.29, 0.717) is 23.7 Å². The van der Waals surface area contributed by atoms with E-state index < -0.39 is 10.7 Å². The molecule has 0 amide bonds. The van der Waals surface area contributed by atoms with Gasteiger partial charge in [-0.25, -0.2) is 0 Å². The highest BCUT2D eigenvalue weighted by Crippen LogP contribution is 2.30. The highest BCUT2D eigenvalue weighted by molar-refractivity contribution is 6.14. The Bertz CT molecular complexity index is 958. The first kappa shape index (κ1) is 20.6. The number of non-ortho nitro benzene ring substituents is 1. The molecule has 0 aromatic heterocycles. The third-order valence-electron chi connectivity index (χ3n) is 3.63. The molecular weight excluding hydrogens is 360 g/mol. The standard InChI is InChI=1S/C21H20N2O5/c1-4-27-20-11-15(8-9-19(20)28-14(2)3)10-17(13-22)21(24)16-6-5-7-18(12-16)23(25)26/h5-12,14H,4H2,1-3H3/b17-10+. The number of nitro benzene ring substituents is 1. The average molecular weight is 380 g/mol. The van der Waals surface area contributed by atoms with Crippen LogP contribution < -0.4 is 9.47 Å². The van der Waals surface area contributed by atoms with Crippen LogP contribution in [0.5, 0.6) is 11.5 Å². The summed E-state index contributed by atoms with van der Waals surface area (Å²) in [5.74, 6) is 0.481. The highest BCUT2D eigenvalue weighted by Gasteiger charge is 2.16. The monoisotopic (exact) mass is 380 g/mol. The maximum atomic E-state index is 12.6. The van der Waals surface area contributed by atoms with Gasteiger partial charge in [-0.2, -0.15) is 5.26 Å². The summed E-state index contributed by atoms with van der Waals surface area (Å²) in [6.07, 6.45) is 1.38. The largest absolute Gasteiger partial charge is 0.490 e. The minimum absolute atomic E-state index is 0.0364. The van der Waals surface area contributed by atoms with E-state index in [0.717, 1.165) is 6.07 Å². The van der Waals surface area contributed by atoms with E-state index in [-0.39, 0.29) is 22.9 Å². The van der Waals surface area contributed by atoms with Crippen molar-refractivity contribution in [2.45, 2.75) is 26.9 Å². The predicted octanol–water partition coefficient (Wildman–Crippen LogP) is 4.57. The van der Waals surface area contributed by atoms with Crippen LogP contribution in [0.15, 0.2) is 48.0 Å². The van der Waals surface area contributed by atoms with Crippen molar-refractivity contribution in [2.75, 3.05) is 6.61 Å². The minimum atomic E-state index is -0.591. The molecule has 0 saturated heterocycles. The minimum Gasteiger partial charge on any atom is -0.490 e. The molecule has 0 fully saturated rings. The summed E-state index contributed by atoms with van der Waals surface area (Å²) in [4.78, 5) is 22.9. The van der Waals surface area contributed by atoms with Crippen LogP contribution in [0.25, 0.3) is 6.08 Å². The fourth-order valence-corrected chi connectivity index (χ4v) is 2.47. The second kappa shape index (κ2) is 9.33. The van der Waals surface area contributed by atoms with Crippen molar-refractivity contribution in [2.24, 2.45) is 0 Å². The number of hydrogen-bond acceptors (Lipinski definition) is 6. The summed E-state index contributed by atoms with van der Waals surface area (Å²) >= 11 is 0. The van der Waals surface area contributed by atoms with Gasteiger partial charge in [0.1, 0.15) is 11.6 Å². The number of ketones is 1. The highest BCUT2D eigenvalue weighted by atomic mass is 16.6. The van der Waals surface area contributed by atoms with E-state index in [1.807, 2.05) is 26.8 Å². The second-order valence-corrected chi connectivity index (χ2v) is 6.11. The zero-order valence-corrected chi connectivity index (χ0v) is 15.8. The lowest BCUT2D eigenvalue weighted by Crippen LogP contribution is -2.07. The molecule has 0 aliphatic carbocycles. The summed E-state index contributed by atoms with van der Waals surface area (Å²) < 4.78 is 11.3. The van der Waals surface area contributed by atoms with Crippen LogP contribution in [-0.4, -0.2) is 23.4 Å². The molecular formula is C21H20N2O5. The van der Waals surface area contributed by atoms with E-state index in [4.69, 9.17) is 9.47 Å². The van der Waals surface area contributed by atoms with Crippen molar-refractivity contribution >= 4 is 17.5 Å². The number of benzene rings is 2. The summed E-state index contributed by atoms with van der Waals surface area (Å²) in [7, 11) is 0. The molecule has 0 spiro atoms. The Morgan fingerprint density at radius 3 is 2.61 bits per heavy atom. The number of ether oxygens (including phenoxy) is 2. The molecule has 0 bridgehead atoms. The van der Waals surface area contributed by atoms with Crippen LogP contribution >= 0.6 is 0 Å². The molecule has 0 unspecified atom stereocenters. The Morgan fingerprint density at radius 2 is 2.00 bits per heavy atom. The van der Waals surface area contributed by atoms with Gasteiger partial charge in [-0.15, -0.1) is 0 Å². The van der Waals surface area contributed by atoms with E-state index in [1.165, 1.54) is 24.3 Å². The van der Waals surface area contributed by atoms with Crippen LogP contribution in [0.4, 0.5) is 5.69 Å². The van der Waals surface area contributed by atoms with Gasteiger partial charge in [0, 0.05) is 17.7 Å². The average Bonchev–Trinajstić information content (AvgIpc) is 2.67. The van der Waals surface area contributed by atoms with Crippen LogP contribution in [0.2, 0.25) is 0 Å². The van der Waals surface area contributed by atoms with Crippen LogP contribution in [0.1, 0.15) is 36.7 Å². The summed E-state index contributed by atoms with van der Waals surface area (Å²) in [5, 5.41) is 20.3. The lowest BCUT2D eigenvalue weighted by atomic mass is 10.0. The second-order valence-electron chi connectivity index (χ2n) is 6.11. The van der Waals surface area contributed by atoms with Crippen molar-refractivity contribution in [1.29, 1.82) is 5.26 Å². The normalized spacial score (nSPS) is 11.0. The number of carbonyl (C=O) groups is 1. The molecule has 0 aliphatic heterocycles. The Labute approximate surface area is 163 Å². The van der Waals surface area contributed by atoms with Crippen molar-refractivity contribution in [1.82, 2.24) is 0 Å². The van der Waals surface area contributed by atoms with Crippen molar-refractivity contribution in [3.05, 3.63) is 69.3 Å². The molecule has 2 aromatic rings. The molecule has 2 rings (SSSR count). The van der Waals surface area contributed by atoms with Gasteiger partial charge < -0.3 is 9.47 Å². The van der Waals surface area contributed by atoms with Crippen molar-refractivity contribution in [3.8, 4) is 17.6 Å². The third kappa shape index (κ3) is 5.17. The van der Waals surface area contributed by atoms with Crippen LogP contribution in [-0.2, 0) is 0 Å². The lowest BCUT2D eigenvalue weighted by molar-refractivity contribution is -0.384. The smallest absolute Gasteiger partial charge is 0.270 e. The molecule has 2 aromatic carbocycles. The molecule has 0 N–H and O–H groups in total. The number of allylic oxidation sites excluding steroid dienone is 1. The van der Waals surface area contributed by atoms with Gasteiger partial charge in [-0.1, -0.05) is 18.2 Å². The van der Waals surface area contributed by atoms with E-state index in [1.54, 1.807) is 18.2 Å². The quantitative estimate of drug-likeness (QED) is 0.218. The lowest BCUT2D eigenvalue weighted by Gasteiger charge is -2.15. The van der Waals surface area contributed by atoms with Gasteiger partial charge in [0.25, 0.3) is 5.69 Å². The van der Waals surface area contributed by atoms with Crippen LogP contribution in [0, 0.1) is 21.4 Å². The number of Topliss-reactive ketones (excluding diaryl/α,β-unsaturated/α-hetero) is 1. The topological polar surface area (TPSA) is 102 Å². The molecule has 0 atom stereocenters. The van der Waals surface area contributed by atoms with Crippen molar-refractivity contribution in [3.63, 3.8) is 0 Å². The number of nitrogens with zero attached hydrogens (tertiary/aromatic N) is 2. The van der Waals surface area contributed by atoms with Crippen LogP contribution in [0.3, 0.4) is 0 Å². The van der Waals surface area contributed by atoms with E-state index >= 15 is 0 Å². The predicted molar refractivity (Wildman–Crippen MR) is 104 cm³/mol. The Hall–Kier alpha value is -3.66. The number of hydrogen-bond donors (Lipinski definition) is 0. The molecule has 0 heterocycles. The van der Waals surface area contributed by atoms with E-state index in [9.17, 15) is 20.2 Å². The zero-order chi connectivity index (χ0) is 20.7. The Balaban J connectivity index is 2.39. The first-order chi connectivity index (χ1) is 13.3. The fourth-order valence-electron chi connectivity index (χ4n) is 2.47. The van der Waals surface area contributed by atoms with Crippen molar-refractivity contribution < 1.29 is 19.2 Å². The first-order valence-corrected chi connectivity index (χ1v) is 8.70. The SMILES string of the molecule is CCOc1cc(/C=C(\C#N)C(=O)c2cccc([N+](=O)[O-])c2)ccc1OC(C)C. The molecule has 7 heteroatoms. The maximum absolute atomic E-state index is 12.6. The summed E-state index contributed by atoms with van der Waals surface area (Å²) in [6.45, 7) is 6.07. The van der Waals surface area contributed by atoms with E-state index in [2.05, 4.69) is 0 Å². The number of nitro groups is 1. The van der Waals surface area contributed by atoms with Gasteiger partial charge in [-0.05, 0) is 44.5 Å². The Morgan fingerprint density at radius 1 is 1.25 bits per heavy atom. The molecule has 144 valence electrons. The molecule has 0 radical (unpaired) electrons. The molecule has 0 saturated carbocycles. The van der Waals surface area contributed by atoms with Gasteiger partial charge in [-0.3, -0.25) is 14.9 Å². The number of rotatable bonds is 8. The summed E-state index contributed by atoms with van der Waals surface area (Å²) in [6, 6.07) is 12.2. The first-order valence-electron chi connectivity index (χ1n) is 8.70. The van der Waals surface area contributed by atoms with Gasteiger partial charge in [0.2, 0.25) is 5.78 Å². The number of nitriles is 1. The number of carbonyl (C=O) groups excluding carboxylic acids is 1. The maximum Gasteiger partial charge on any atom is 0.270 e. The Kier molecular flexibility index (Phi) is 6.88. The van der Waals surface area contributed by atoms with Gasteiger partial charge in [0.15, 0.2) is 11.5 Å². The molecule has 7 nitrogen and oxygen atoms in total. The molecule has 28 heavy (non-hydrogen) atoms. The summed E-state index contributed by atoms with van der Waals surface area (Å²) in [5.41, 5.74) is 0.305. The third-order valence-corrected chi connectivity index (χ3v) is 3.63.